The second-order valence-electron chi connectivity index (χ2n) is 6.10. The number of alkyl halides is 3. The molecule has 2 aromatic heterocycles. The SMILES string of the molecule is Cc1cc(C(F)(F)F)cc(C(N)=O)c1NC(=O)c1cc(Br)nn1-c1ncccc1Cl. The minimum Gasteiger partial charge on any atom is -0.366 e. The summed E-state index contributed by atoms with van der Waals surface area (Å²) in [5.74, 6) is -1.73. The van der Waals surface area contributed by atoms with Crippen LogP contribution in [0.3, 0.4) is 0 Å². The molecule has 0 unspecified atom stereocenters. The maximum Gasteiger partial charge on any atom is 0.416 e. The number of hydrogen-bond donors (Lipinski definition) is 2. The normalized spacial score (nSPS) is 11.4. The molecule has 12 heteroatoms. The first-order chi connectivity index (χ1) is 14.0. The van der Waals surface area contributed by atoms with E-state index in [1.54, 1.807) is 12.1 Å². The largest absolute Gasteiger partial charge is 0.416 e. The lowest BCUT2D eigenvalue weighted by Crippen LogP contribution is -2.22. The highest BCUT2D eigenvalue weighted by atomic mass is 79.9. The fraction of sp³-hybridized carbons (Fsp3) is 0.111. The molecular weight excluding hydrogens is 491 g/mol. The Morgan fingerprint density at radius 2 is 1.97 bits per heavy atom. The van der Waals surface area contributed by atoms with E-state index in [0.717, 1.165) is 10.7 Å². The minimum absolute atomic E-state index is 0.00738. The number of rotatable bonds is 4. The highest BCUT2D eigenvalue weighted by Crippen LogP contribution is 2.34. The highest BCUT2D eigenvalue weighted by Gasteiger charge is 2.33. The van der Waals surface area contributed by atoms with Crippen molar-refractivity contribution in [2.75, 3.05) is 5.32 Å². The van der Waals surface area contributed by atoms with Gasteiger partial charge in [0, 0.05) is 12.3 Å². The zero-order chi connectivity index (χ0) is 22.2. The monoisotopic (exact) mass is 501 g/mol. The maximum absolute atomic E-state index is 13.1. The van der Waals surface area contributed by atoms with Gasteiger partial charge in [0.05, 0.1) is 21.8 Å². The van der Waals surface area contributed by atoms with Crippen LogP contribution in [0.4, 0.5) is 18.9 Å². The average Bonchev–Trinajstić information content (AvgIpc) is 3.04. The van der Waals surface area contributed by atoms with Gasteiger partial charge in [-0.2, -0.15) is 18.3 Å². The van der Waals surface area contributed by atoms with Crippen molar-refractivity contribution in [3.05, 3.63) is 68.5 Å². The molecule has 1 aromatic carbocycles. The molecule has 2 heterocycles. The molecule has 3 aromatic rings. The van der Waals surface area contributed by atoms with Gasteiger partial charge in [-0.25, -0.2) is 9.67 Å². The molecule has 30 heavy (non-hydrogen) atoms. The summed E-state index contributed by atoms with van der Waals surface area (Å²) in [4.78, 5) is 28.7. The van der Waals surface area contributed by atoms with Crippen LogP contribution in [0, 0.1) is 6.92 Å². The molecule has 7 nitrogen and oxygen atoms in total. The van der Waals surface area contributed by atoms with Crippen molar-refractivity contribution >= 4 is 45.0 Å². The molecule has 0 aliphatic heterocycles. The van der Waals surface area contributed by atoms with Crippen molar-refractivity contribution < 1.29 is 22.8 Å². The number of carbonyl (C=O) groups is 2. The summed E-state index contributed by atoms with van der Waals surface area (Å²) in [6, 6.07) is 5.91. The van der Waals surface area contributed by atoms with Gasteiger partial charge in [0.15, 0.2) is 5.82 Å². The van der Waals surface area contributed by atoms with E-state index in [1.807, 2.05) is 0 Å². The van der Waals surface area contributed by atoms with E-state index >= 15 is 0 Å². The first kappa shape index (κ1) is 21.8. The molecule has 3 rings (SSSR count). The Balaban J connectivity index is 2.06. The number of carbonyl (C=O) groups excluding carboxylic acids is 2. The third-order valence-corrected chi connectivity index (χ3v) is 4.70. The van der Waals surface area contributed by atoms with Crippen LogP contribution in [-0.2, 0) is 6.18 Å². The molecule has 0 radical (unpaired) electrons. The summed E-state index contributed by atoms with van der Waals surface area (Å²) < 4.78 is 40.7. The van der Waals surface area contributed by atoms with Crippen LogP contribution in [0.1, 0.15) is 32.0 Å². The maximum atomic E-state index is 13.1. The number of nitrogens with one attached hydrogen (secondary N) is 1. The predicted octanol–water partition coefficient (Wildman–Crippen LogP) is 4.36. The van der Waals surface area contributed by atoms with Gasteiger partial charge in [0.25, 0.3) is 11.8 Å². The Labute approximate surface area is 181 Å². The number of primary amides is 1. The summed E-state index contributed by atoms with van der Waals surface area (Å²) >= 11 is 9.28. The molecule has 0 atom stereocenters. The van der Waals surface area contributed by atoms with E-state index in [2.05, 4.69) is 31.3 Å². The van der Waals surface area contributed by atoms with Crippen molar-refractivity contribution in [2.45, 2.75) is 13.1 Å². The number of anilines is 1. The molecule has 2 amide bonds. The number of halogens is 5. The Hall–Kier alpha value is -2.92. The lowest BCUT2D eigenvalue weighted by atomic mass is 10.0. The Kier molecular flexibility index (Phi) is 5.86. The van der Waals surface area contributed by atoms with Crippen molar-refractivity contribution in [3.63, 3.8) is 0 Å². The fourth-order valence-corrected chi connectivity index (χ4v) is 3.27. The standard InChI is InChI=1S/C18H12BrClF3N5O2/c1-8-5-9(18(21,22)23)6-10(15(24)29)14(8)26-17(30)12-7-13(19)27-28(12)16-11(20)3-2-4-25-16/h2-7H,1H3,(H2,24,29)(H,26,30). The number of nitrogens with zero attached hydrogens (tertiary/aromatic N) is 3. The van der Waals surface area contributed by atoms with Gasteiger partial charge in [0.2, 0.25) is 0 Å². The van der Waals surface area contributed by atoms with Crippen molar-refractivity contribution in [1.82, 2.24) is 14.8 Å². The first-order valence-corrected chi connectivity index (χ1v) is 9.35. The first-order valence-electron chi connectivity index (χ1n) is 8.18. The number of aryl methyl sites for hydroxylation is 1. The van der Waals surface area contributed by atoms with E-state index in [1.165, 1.54) is 19.2 Å². The smallest absolute Gasteiger partial charge is 0.366 e. The summed E-state index contributed by atoms with van der Waals surface area (Å²) in [6.07, 6.45) is -3.24. The molecule has 0 fully saturated rings. The fourth-order valence-electron chi connectivity index (χ4n) is 2.70. The summed E-state index contributed by atoms with van der Waals surface area (Å²) in [5.41, 5.74) is 3.55. The van der Waals surface area contributed by atoms with Crippen LogP contribution >= 0.6 is 27.5 Å². The average molecular weight is 503 g/mol. The Bertz CT molecular complexity index is 1160. The van der Waals surface area contributed by atoms with Crippen LogP contribution in [-0.4, -0.2) is 26.6 Å². The van der Waals surface area contributed by atoms with E-state index in [9.17, 15) is 22.8 Å². The van der Waals surface area contributed by atoms with E-state index in [-0.39, 0.29) is 32.4 Å². The van der Waals surface area contributed by atoms with E-state index in [4.69, 9.17) is 17.3 Å². The van der Waals surface area contributed by atoms with Crippen LogP contribution in [0.2, 0.25) is 5.02 Å². The zero-order valence-corrected chi connectivity index (χ0v) is 17.4. The second-order valence-corrected chi connectivity index (χ2v) is 7.32. The number of hydrogen-bond acceptors (Lipinski definition) is 4. The molecule has 0 aliphatic rings. The van der Waals surface area contributed by atoms with Crippen LogP contribution < -0.4 is 11.1 Å². The molecule has 0 spiro atoms. The topological polar surface area (TPSA) is 103 Å². The van der Waals surface area contributed by atoms with Gasteiger partial charge < -0.3 is 11.1 Å². The zero-order valence-electron chi connectivity index (χ0n) is 15.1. The van der Waals surface area contributed by atoms with Gasteiger partial charge in [-0.05, 0) is 52.7 Å². The van der Waals surface area contributed by atoms with E-state index in [0.29, 0.717) is 6.07 Å². The van der Waals surface area contributed by atoms with Crippen LogP contribution in [0.5, 0.6) is 0 Å². The number of nitrogens with two attached hydrogens (primary N) is 1. The minimum atomic E-state index is -4.68. The summed E-state index contributed by atoms with van der Waals surface area (Å²) in [7, 11) is 0. The van der Waals surface area contributed by atoms with Gasteiger partial charge in [-0.1, -0.05) is 11.6 Å². The Morgan fingerprint density at radius 3 is 2.57 bits per heavy atom. The second kappa shape index (κ2) is 8.07. The molecule has 0 aliphatic carbocycles. The molecular formula is C18H12BrClF3N5O2. The van der Waals surface area contributed by atoms with E-state index < -0.39 is 29.1 Å². The lowest BCUT2D eigenvalue weighted by Gasteiger charge is -2.16. The molecule has 0 saturated heterocycles. The van der Waals surface area contributed by atoms with Gasteiger partial charge in [0.1, 0.15) is 10.3 Å². The Morgan fingerprint density at radius 1 is 1.27 bits per heavy atom. The van der Waals surface area contributed by atoms with Crippen LogP contribution in [0.25, 0.3) is 5.82 Å². The highest BCUT2D eigenvalue weighted by molar-refractivity contribution is 9.10. The van der Waals surface area contributed by atoms with Crippen molar-refractivity contribution in [1.29, 1.82) is 0 Å². The third kappa shape index (κ3) is 4.31. The summed E-state index contributed by atoms with van der Waals surface area (Å²) in [5, 5.41) is 6.77. The quantitative estimate of drug-likeness (QED) is 0.553. The van der Waals surface area contributed by atoms with Crippen molar-refractivity contribution in [2.24, 2.45) is 5.73 Å². The molecule has 0 bridgehead atoms. The lowest BCUT2D eigenvalue weighted by molar-refractivity contribution is -0.137. The summed E-state index contributed by atoms with van der Waals surface area (Å²) in [6.45, 7) is 1.32. The van der Waals surface area contributed by atoms with Crippen LogP contribution in [0.15, 0.2) is 41.1 Å². The van der Waals surface area contributed by atoms with Gasteiger partial charge in [-0.3, -0.25) is 9.59 Å². The number of pyridine rings is 1. The van der Waals surface area contributed by atoms with Gasteiger partial charge in [-0.15, -0.1) is 0 Å². The molecule has 3 N–H and O–H groups in total. The van der Waals surface area contributed by atoms with Crippen molar-refractivity contribution in [3.8, 4) is 5.82 Å². The number of amides is 2. The number of aromatic nitrogens is 3. The third-order valence-electron chi connectivity index (χ3n) is 4.02. The number of benzene rings is 1. The molecule has 0 saturated carbocycles. The molecule has 156 valence electrons. The van der Waals surface area contributed by atoms with Gasteiger partial charge >= 0.3 is 6.18 Å². The predicted molar refractivity (Wildman–Crippen MR) is 107 cm³/mol.